The lowest BCUT2D eigenvalue weighted by Gasteiger charge is -2.32. The van der Waals surface area contributed by atoms with E-state index in [4.69, 9.17) is 4.42 Å². The van der Waals surface area contributed by atoms with Gasteiger partial charge in [0.1, 0.15) is 5.76 Å². The van der Waals surface area contributed by atoms with Gasteiger partial charge in [-0.2, -0.15) is 0 Å². The molecule has 1 aliphatic heterocycles. The molecule has 0 bridgehead atoms. The van der Waals surface area contributed by atoms with E-state index in [0.29, 0.717) is 6.54 Å². The standard InChI is InChI=1S/C19H22BrNO2/c1-13-11-15(6-7-16(13)20)19(2,3)18(22)21-9-4-5-17-14(12-21)8-10-23-17/h6-8,10-11H,4-5,9,12H2,1-3H3. The third-order valence-electron chi connectivity index (χ3n) is 4.73. The Morgan fingerprint density at radius 2 is 2.09 bits per heavy atom. The van der Waals surface area contributed by atoms with Gasteiger partial charge in [0.25, 0.3) is 0 Å². The SMILES string of the molecule is Cc1cc(C(C)(C)C(=O)N2CCCc3occc3C2)ccc1Br. The summed E-state index contributed by atoms with van der Waals surface area (Å²) >= 11 is 3.53. The Bertz CT molecular complexity index is 733. The Morgan fingerprint density at radius 1 is 1.30 bits per heavy atom. The number of fused-ring (bicyclic) bond motifs is 1. The molecule has 2 heterocycles. The van der Waals surface area contributed by atoms with Gasteiger partial charge in [-0.15, -0.1) is 0 Å². The third-order valence-corrected chi connectivity index (χ3v) is 5.62. The van der Waals surface area contributed by atoms with E-state index in [0.717, 1.165) is 46.3 Å². The predicted molar refractivity (Wildman–Crippen MR) is 94.4 cm³/mol. The van der Waals surface area contributed by atoms with E-state index in [9.17, 15) is 4.79 Å². The zero-order valence-corrected chi connectivity index (χ0v) is 15.4. The van der Waals surface area contributed by atoms with Gasteiger partial charge in [-0.1, -0.05) is 28.1 Å². The van der Waals surface area contributed by atoms with E-state index in [1.807, 2.05) is 36.9 Å². The second-order valence-corrected chi connectivity index (χ2v) is 7.64. The Kier molecular flexibility index (Phi) is 4.37. The van der Waals surface area contributed by atoms with Gasteiger partial charge >= 0.3 is 0 Å². The maximum Gasteiger partial charge on any atom is 0.232 e. The van der Waals surface area contributed by atoms with Crippen molar-refractivity contribution >= 4 is 21.8 Å². The molecule has 0 fully saturated rings. The van der Waals surface area contributed by atoms with Crippen LogP contribution >= 0.6 is 15.9 Å². The van der Waals surface area contributed by atoms with Crippen molar-refractivity contribution in [2.45, 2.75) is 45.6 Å². The second-order valence-electron chi connectivity index (χ2n) is 6.79. The number of furan rings is 1. The Hall–Kier alpha value is -1.55. The molecular weight excluding hydrogens is 354 g/mol. The van der Waals surface area contributed by atoms with Gasteiger partial charge in [0.2, 0.25) is 5.91 Å². The first-order valence-electron chi connectivity index (χ1n) is 8.01. The van der Waals surface area contributed by atoms with Gasteiger partial charge in [0.15, 0.2) is 0 Å². The minimum atomic E-state index is -0.542. The Morgan fingerprint density at radius 3 is 2.83 bits per heavy atom. The molecule has 4 heteroatoms. The largest absolute Gasteiger partial charge is 0.469 e. The summed E-state index contributed by atoms with van der Waals surface area (Å²) in [4.78, 5) is 15.2. The van der Waals surface area contributed by atoms with Crippen molar-refractivity contribution in [1.82, 2.24) is 4.90 Å². The quantitative estimate of drug-likeness (QED) is 0.767. The van der Waals surface area contributed by atoms with Crippen LogP contribution < -0.4 is 0 Å². The highest BCUT2D eigenvalue weighted by molar-refractivity contribution is 9.10. The first-order valence-corrected chi connectivity index (χ1v) is 8.80. The molecule has 0 N–H and O–H groups in total. The smallest absolute Gasteiger partial charge is 0.232 e. The van der Waals surface area contributed by atoms with Crippen LogP contribution in [0.15, 0.2) is 39.4 Å². The number of nitrogens with zero attached hydrogens (tertiary/aromatic N) is 1. The topological polar surface area (TPSA) is 33.5 Å². The van der Waals surface area contributed by atoms with Gasteiger partial charge in [-0.05, 0) is 50.5 Å². The van der Waals surface area contributed by atoms with Crippen LogP contribution in [-0.4, -0.2) is 17.4 Å². The maximum absolute atomic E-state index is 13.2. The molecule has 23 heavy (non-hydrogen) atoms. The molecule has 0 saturated heterocycles. The molecule has 0 aliphatic carbocycles. The molecule has 0 spiro atoms. The predicted octanol–water partition coefficient (Wildman–Crippen LogP) is 4.60. The van der Waals surface area contributed by atoms with Gasteiger partial charge in [0.05, 0.1) is 11.7 Å². The number of aryl methyl sites for hydroxylation is 2. The fourth-order valence-electron chi connectivity index (χ4n) is 3.17. The van der Waals surface area contributed by atoms with E-state index < -0.39 is 5.41 Å². The van der Waals surface area contributed by atoms with Gasteiger partial charge < -0.3 is 9.32 Å². The van der Waals surface area contributed by atoms with Crippen LogP contribution in [0.2, 0.25) is 0 Å². The van der Waals surface area contributed by atoms with Crippen LogP contribution in [0.4, 0.5) is 0 Å². The Labute approximate surface area is 145 Å². The second kappa shape index (κ2) is 6.16. The average molecular weight is 376 g/mol. The lowest BCUT2D eigenvalue weighted by atomic mass is 9.82. The summed E-state index contributed by atoms with van der Waals surface area (Å²) in [5.41, 5.74) is 2.80. The van der Waals surface area contributed by atoms with E-state index >= 15 is 0 Å². The monoisotopic (exact) mass is 375 g/mol. The molecular formula is C19H22BrNO2. The number of hydrogen-bond acceptors (Lipinski definition) is 2. The van der Waals surface area contributed by atoms with Crippen LogP contribution in [0, 0.1) is 6.92 Å². The lowest BCUT2D eigenvalue weighted by molar-refractivity contribution is -0.136. The molecule has 122 valence electrons. The summed E-state index contributed by atoms with van der Waals surface area (Å²) in [5.74, 6) is 1.20. The molecule has 2 aromatic rings. The van der Waals surface area contributed by atoms with Gasteiger partial charge in [-0.3, -0.25) is 4.79 Å². The van der Waals surface area contributed by atoms with Crippen LogP contribution in [-0.2, 0) is 23.2 Å². The van der Waals surface area contributed by atoms with Crippen LogP contribution in [0.25, 0.3) is 0 Å². The molecule has 0 atom stereocenters. The van der Waals surface area contributed by atoms with Crippen molar-refractivity contribution in [1.29, 1.82) is 0 Å². The maximum atomic E-state index is 13.2. The highest BCUT2D eigenvalue weighted by Crippen LogP contribution is 2.31. The van der Waals surface area contributed by atoms with Crippen LogP contribution in [0.1, 0.15) is 42.7 Å². The fraction of sp³-hybridized carbons (Fsp3) is 0.421. The van der Waals surface area contributed by atoms with Crippen LogP contribution in [0.5, 0.6) is 0 Å². The fourth-order valence-corrected chi connectivity index (χ4v) is 3.41. The van der Waals surface area contributed by atoms with Gasteiger partial charge in [0, 0.05) is 29.5 Å². The van der Waals surface area contributed by atoms with Crippen molar-refractivity contribution in [3.8, 4) is 0 Å². The van der Waals surface area contributed by atoms with E-state index in [1.54, 1.807) is 6.26 Å². The molecule has 0 saturated carbocycles. The summed E-state index contributed by atoms with van der Waals surface area (Å²) in [6.07, 6.45) is 3.58. The zero-order valence-electron chi connectivity index (χ0n) is 13.9. The number of amides is 1. The van der Waals surface area contributed by atoms with Crippen molar-refractivity contribution < 1.29 is 9.21 Å². The van der Waals surface area contributed by atoms with Crippen molar-refractivity contribution in [2.24, 2.45) is 0 Å². The highest BCUT2D eigenvalue weighted by Gasteiger charge is 2.35. The third kappa shape index (κ3) is 3.09. The van der Waals surface area contributed by atoms with E-state index in [2.05, 4.69) is 28.9 Å². The molecule has 3 rings (SSSR count). The normalized spacial score (nSPS) is 15.2. The van der Waals surface area contributed by atoms with E-state index in [-0.39, 0.29) is 5.91 Å². The number of hydrogen-bond donors (Lipinski definition) is 0. The lowest BCUT2D eigenvalue weighted by Crippen LogP contribution is -2.43. The Balaban J connectivity index is 1.87. The number of rotatable bonds is 2. The first-order chi connectivity index (χ1) is 10.9. The summed E-state index contributed by atoms with van der Waals surface area (Å²) in [5, 5.41) is 0. The summed E-state index contributed by atoms with van der Waals surface area (Å²) in [7, 11) is 0. The number of benzene rings is 1. The average Bonchev–Trinajstić information content (AvgIpc) is 2.86. The number of halogens is 1. The minimum Gasteiger partial charge on any atom is -0.469 e. The zero-order chi connectivity index (χ0) is 16.6. The number of carbonyl (C=O) groups is 1. The number of carbonyl (C=O) groups excluding carboxylic acids is 1. The van der Waals surface area contributed by atoms with Crippen molar-refractivity contribution in [3.63, 3.8) is 0 Å². The molecule has 3 nitrogen and oxygen atoms in total. The van der Waals surface area contributed by atoms with Crippen molar-refractivity contribution in [2.75, 3.05) is 6.54 Å². The minimum absolute atomic E-state index is 0.174. The molecule has 1 aromatic heterocycles. The molecule has 1 amide bonds. The molecule has 0 radical (unpaired) electrons. The summed E-state index contributed by atoms with van der Waals surface area (Å²) in [6.45, 7) is 7.50. The summed E-state index contributed by atoms with van der Waals surface area (Å²) < 4.78 is 6.59. The van der Waals surface area contributed by atoms with Crippen molar-refractivity contribution in [3.05, 3.63) is 57.5 Å². The highest BCUT2D eigenvalue weighted by atomic mass is 79.9. The van der Waals surface area contributed by atoms with Crippen LogP contribution in [0.3, 0.4) is 0 Å². The van der Waals surface area contributed by atoms with Gasteiger partial charge in [-0.25, -0.2) is 0 Å². The first kappa shape index (κ1) is 16.3. The molecule has 1 aliphatic rings. The summed E-state index contributed by atoms with van der Waals surface area (Å²) in [6, 6.07) is 8.15. The molecule has 1 aromatic carbocycles. The van der Waals surface area contributed by atoms with E-state index in [1.165, 1.54) is 0 Å². The molecule has 0 unspecified atom stereocenters.